The lowest BCUT2D eigenvalue weighted by molar-refractivity contribution is -0.211. The molecule has 9 atom stereocenters. The van der Waals surface area contributed by atoms with Gasteiger partial charge in [0.05, 0.1) is 17.9 Å². The van der Waals surface area contributed by atoms with Crippen molar-refractivity contribution in [2.24, 2.45) is 45.7 Å². The van der Waals surface area contributed by atoms with Crippen molar-refractivity contribution in [3.63, 3.8) is 0 Å². The minimum absolute atomic E-state index is 0.0118. The van der Waals surface area contributed by atoms with E-state index in [9.17, 15) is 19.5 Å². The molecule has 0 aliphatic heterocycles. The third kappa shape index (κ3) is 5.94. The van der Waals surface area contributed by atoms with Crippen LogP contribution < -0.4 is 11.1 Å². The summed E-state index contributed by atoms with van der Waals surface area (Å²) in [5, 5.41) is 14.7. The first-order valence-electron chi connectivity index (χ1n) is 15.0. The molecule has 0 radical (unpaired) electrons. The van der Waals surface area contributed by atoms with Crippen molar-refractivity contribution in [3.05, 3.63) is 0 Å². The summed E-state index contributed by atoms with van der Waals surface area (Å²) in [6.45, 7) is 19.0. The third-order valence-electron chi connectivity index (χ3n) is 11.3. The zero-order valence-corrected chi connectivity index (χ0v) is 26.6. The molecule has 0 spiro atoms. The Morgan fingerprint density at radius 2 is 1.87 bits per heavy atom. The maximum atomic E-state index is 13.6. The first kappa shape index (κ1) is 32.4. The number of nitrogens with one attached hydrogen (secondary N) is 1. The van der Waals surface area contributed by atoms with E-state index >= 15 is 0 Å². The zero-order valence-electron chi connectivity index (χ0n) is 25.8. The largest absolute Gasteiger partial charge is 0.461 e. The molecule has 1 amide bonds. The summed E-state index contributed by atoms with van der Waals surface area (Å²) in [6, 6.07) is -0.565. The normalized spacial score (nSPS) is 39.5. The summed E-state index contributed by atoms with van der Waals surface area (Å²) in [4.78, 5) is 39.3. The van der Waals surface area contributed by atoms with Crippen molar-refractivity contribution in [1.82, 2.24) is 5.32 Å². The monoisotopic (exact) mass is 566 g/mol. The highest BCUT2D eigenvalue weighted by molar-refractivity contribution is 8.01. The van der Waals surface area contributed by atoms with Crippen molar-refractivity contribution in [2.45, 2.75) is 124 Å². The van der Waals surface area contributed by atoms with Gasteiger partial charge in [0.2, 0.25) is 5.91 Å². The number of esters is 1. The number of ether oxygens (including phenoxy) is 1. The molecule has 0 unspecified atom stereocenters. The molecular formula is C31H54N2O5S. The number of hydrogen-bond acceptors (Lipinski definition) is 7. The van der Waals surface area contributed by atoms with Crippen molar-refractivity contribution in [3.8, 4) is 0 Å². The minimum atomic E-state index is -0.566. The number of ketones is 1. The van der Waals surface area contributed by atoms with Gasteiger partial charge >= 0.3 is 5.97 Å². The van der Waals surface area contributed by atoms with Gasteiger partial charge in [-0.25, -0.2) is 0 Å². The molecule has 0 aromatic rings. The average Bonchev–Trinajstić information content (AvgIpc) is 3.24. The van der Waals surface area contributed by atoms with Crippen LogP contribution >= 0.6 is 11.8 Å². The molecule has 7 nitrogen and oxygen atoms in total. The molecule has 224 valence electrons. The number of carbonyl (C=O) groups excluding carboxylic acids is 3. The van der Waals surface area contributed by atoms with E-state index in [2.05, 4.69) is 39.9 Å². The Hall–Kier alpha value is -1.12. The molecule has 4 N–H and O–H groups in total. The van der Waals surface area contributed by atoms with Gasteiger partial charge in [0.15, 0.2) is 0 Å². The molecule has 8 heteroatoms. The van der Waals surface area contributed by atoms with Crippen LogP contribution in [-0.4, -0.2) is 58.1 Å². The number of thioether (sulfide) groups is 1. The zero-order chi connectivity index (χ0) is 29.6. The second kappa shape index (κ2) is 11.6. The maximum absolute atomic E-state index is 13.6. The summed E-state index contributed by atoms with van der Waals surface area (Å²) in [6.07, 6.45) is 3.56. The topological polar surface area (TPSA) is 119 Å². The van der Waals surface area contributed by atoms with E-state index in [1.165, 1.54) is 11.8 Å². The second-order valence-electron chi connectivity index (χ2n) is 14.4. The van der Waals surface area contributed by atoms with E-state index in [-0.39, 0.29) is 52.5 Å². The molecule has 0 heterocycles. The van der Waals surface area contributed by atoms with Gasteiger partial charge in [0, 0.05) is 29.0 Å². The van der Waals surface area contributed by atoms with Crippen LogP contribution in [0, 0.1) is 39.9 Å². The second-order valence-corrected chi connectivity index (χ2v) is 16.1. The quantitative estimate of drug-likeness (QED) is 0.345. The highest BCUT2D eigenvalue weighted by Gasteiger charge is 2.68. The number of aliphatic hydroxyl groups excluding tert-OH is 1. The number of amides is 1. The molecule has 2 bridgehead atoms. The number of rotatable bonds is 9. The predicted molar refractivity (Wildman–Crippen MR) is 157 cm³/mol. The van der Waals surface area contributed by atoms with Crippen LogP contribution in [0.5, 0.6) is 0 Å². The van der Waals surface area contributed by atoms with Gasteiger partial charge in [-0.15, -0.1) is 11.8 Å². The van der Waals surface area contributed by atoms with Crippen LogP contribution in [-0.2, 0) is 19.1 Å². The van der Waals surface area contributed by atoms with E-state index in [1.807, 2.05) is 27.7 Å². The Balaban J connectivity index is 1.81. The summed E-state index contributed by atoms with van der Waals surface area (Å²) in [5.74, 6) is -0.000426. The first-order chi connectivity index (χ1) is 17.9. The third-order valence-corrected chi connectivity index (χ3v) is 12.6. The molecule has 0 aromatic carbocycles. The van der Waals surface area contributed by atoms with E-state index in [1.54, 1.807) is 0 Å². The first-order valence-corrected chi connectivity index (χ1v) is 16.0. The Bertz CT molecular complexity index is 940. The highest BCUT2D eigenvalue weighted by Crippen LogP contribution is 2.68. The maximum Gasteiger partial charge on any atom is 0.316 e. The van der Waals surface area contributed by atoms with Crippen LogP contribution in [0.2, 0.25) is 0 Å². The SMILES string of the molecule is CC[C@@]1(C)C[C@H](OC(=O)CSC(C)(C)CNC(=O)[C@@H](N)C(C)C)[C@@]2(C)[C@H](C)CC[C@@]3(CCC(=O)[C@@H]32)[C@H](C)[C@H]1O. The molecule has 3 aliphatic rings. The number of Topliss-reactive ketones (excluding diaryl/α,β-unsaturated/α-hetero) is 1. The lowest BCUT2D eigenvalue weighted by Gasteiger charge is -2.62. The van der Waals surface area contributed by atoms with Gasteiger partial charge in [-0.3, -0.25) is 14.4 Å². The Kier molecular flexibility index (Phi) is 9.66. The molecule has 3 fully saturated rings. The molecule has 0 saturated heterocycles. The van der Waals surface area contributed by atoms with Crippen LogP contribution in [0.3, 0.4) is 0 Å². The van der Waals surface area contributed by atoms with Gasteiger partial charge in [-0.1, -0.05) is 48.5 Å². The van der Waals surface area contributed by atoms with Gasteiger partial charge in [0.1, 0.15) is 11.9 Å². The van der Waals surface area contributed by atoms with Crippen molar-refractivity contribution < 1.29 is 24.2 Å². The highest BCUT2D eigenvalue weighted by atomic mass is 32.2. The van der Waals surface area contributed by atoms with Gasteiger partial charge < -0.3 is 20.9 Å². The number of aliphatic hydroxyl groups is 1. The number of carbonyl (C=O) groups is 3. The minimum Gasteiger partial charge on any atom is -0.461 e. The Morgan fingerprint density at radius 1 is 1.23 bits per heavy atom. The summed E-state index contributed by atoms with van der Waals surface area (Å²) in [7, 11) is 0. The van der Waals surface area contributed by atoms with Crippen molar-refractivity contribution >= 4 is 29.4 Å². The molecule has 3 aliphatic carbocycles. The van der Waals surface area contributed by atoms with Crippen LogP contribution in [0.4, 0.5) is 0 Å². The summed E-state index contributed by atoms with van der Waals surface area (Å²) < 4.78 is 5.99. The van der Waals surface area contributed by atoms with Crippen molar-refractivity contribution in [1.29, 1.82) is 0 Å². The lowest BCUT2D eigenvalue weighted by Crippen LogP contribution is -2.63. The summed E-state index contributed by atoms with van der Waals surface area (Å²) >= 11 is 1.45. The van der Waals surface area contributed by atoms with Gasteiger partial charge in [-0.05, 0) is 74.5 Å². The molecule has 0 aromatic heterocycles. The summed E-state index contributed by atoms with van der Waals surface area (Å²) in [5.41, 5.74) is 4.82. The predicted octanol–water partition coefficient (Wildman–Crippen LogP) is 4.73. The molecule has 3 saturated carbocycles. The fourth-order valence-electron chi connectivity index (χ4n) is 7.93. The van der Waals surface area contributed by atoms with E-state index in [0.717, 1.165) is 25.7 Å². The van der Waals surface area contributed by atoms with Gasteiger partial charge in [0.25, 0.3) is 0 Å². The van der Waals surface area contributed by atoms with E-state index < -0.39 is 33.8 Å². The van der Waals surface area contributed by atoms with Crippen LogP contribution in [0.25, 0.3) is 0 Å². The number of hydrogen-bond donors (Lipinski definition) is 3. The Morgan fingerprint density at radius 3 is 2.46 bits per heavy atom. The number of nitrogens with two attached hydrogens (primary N) is 1. The fraction of sp³-hybridized carbons (Fsp3) is 0.903. The molecular weight excluding hydrogens is 512 g/mol. The van der Waals surface area contributed by atoms with Crippen LogP contribution in [0.1, 0.15) is 101 Å². The standard InChI is InChI=1S/C31H54N2O5S/c1-10-29(8)15-22(38-23(35)16-39-28(6,7)17-33-27(37)24(32)18(2)3)30(9)19(4)11-13-31(20(5)26(29)36)14-12-21(34)25(30)31/h18-20,22,24-26,36H,10-17,32H2,1-9H3,(H,33,37)/t19-,20-,22+,24+,25-,26-,29+,30-,31-/m1/s1. The smallest absolute Gasteiger partial charge is 0.316 e. The fourth-order valence-corrected chi connectivity index (χ4v) is 8.68. The van der Waals surface area contributed by atoms with Crippen molar-refractivity contribution in [2.75, 3.05) is 12.3 Å². The molecule has 3 rings (SSSR count). The lowest BCUT2D eigenvalue weighted by atomic mass is 9.43. The van der Waals surface area contributed by atoms with Gasteiger partial charge in [-0.2, -0.15) is 0 Å². The van der Waals surface area contributed by atoms with E-state index in [4.69, 9.17) is 10.5 Å². The molecule has 39 heavy (non-hydrogen) atoms. The van der Waals surface area contributed by atoms with E-state index in [0.29, 0.717) is 19.4 Å². The van der Waals surface area contributed by atoms with Crippen LogP contribution in [0.15, 0.2) is 0 Å². The Labute approximate surface area is 240 Å². The average molecular weight is 567 g/mol.